The number of fused-ring (bicyclic) bond motifs is 1. The van der Waals surface area contributed by atoms with Gasteiger partial charge in [-0.15, -0.1) is 0 Å². The minimum Gasteiger partial charge on any atom is -0.463 e. The summed E-state index contributed by atoms with van der Waals surface area (Å²) in [6, 6.07) is 9.29. The van der Waals surface area contributed by atoms with E-state index in [2.05, 4.69) is 5.32 Å². The van der Waals surface area contributed by atoms with Crippen LogP contribution >= 0.6 is 0 Å². The first-order valence-corrected chi connectivity index (χ1v) is 7.91. The molecule has 0 saturated carbocycles. The van der Waals surface area contributed by atoms with Crippen LogP contribution in [0.25, 0.3) is 0 Å². The highest BCUT2D eigenvalue weighted by molar-refractivity contribution is 5.73. The van der Waals surface area contributed by atoms with E-state index in [4.69, 9.17) is 18.9 Å². The molecular weight excluding hydrogens is 314 g/mol. The molecule has 2 aliphatic rings. The number of carbonyl (C=O) groups is 2. The molecule has 3 rings (SSSR count). The summed E-state index contributed by atoms with van der Waals surface area (Å²) in [5.74, 6) is -0.550. The fourth-order valence-electron chi connectivity index (χ4n) is 2.83. The Kier molecular flexibility index (Phi) is 5.13. The van der Waals surface area contributed by atoms with Crippen molar-refractivity contribution in [3.63, 3.8) is 0 Å². The summed E-state index contributed by atoms with van der Waals surface area (Å²) in [7, 11) is 0. The maximum absolute atomic E-state index is 11.4. The van der Waals surface area contributed by atoms with Crippen LogP contribution in [0.3, 0.4) is 0 Å². The molecule has 130 valence electrons. The number of benzene rings is 1. The van der Waals surface area contributed by atoms with Gasteiger partial charge in [-0.25, -0.2) is 0 Å². The van der Waals surface area contributed by atoms with Crippen molar-refractivity contribution in [3.05, 3.63) is 35.9 Å². The fourth-order valence-corrected chi connectivity index (χ4v) is 2.83. The Morgan fingerprint density at radius 2 is 1.88 bits per heavy atom. The summed E-state index contributed by atoms with van der Waals surface area (Å²) >= 11 is 0. The monoisotopic (exact) mass is 335 g/mol. The minimum absolute atomic E-state index is 0.106. The smallest absolute Gasteiger partial charge is 0.302 e. The van der Waals surface area contributed by atoms with Crippen LogP contribution < -0.4 is 5.32 Å². The molecule has 7 nitrogen and oxygen atoms in total. The van der Waals surface area contributed by atoms with Crippen LogP contribution in [-0.4, -0.2) is 49.1 Å². The summed E-state index contributed by atoms with van der Waals surface area (Å²) in [6.07, 6.45) is -1.45. The Morgan fingerprint density at radius 3 is 2.54 bits per heavy atom. The molecule has 1 aromatic carbocycles. The molecular formula is C17H21NO6. The van der Waals surface area contributed by atoms with Crippen molar-refractivity contribution in [2.45, 2.75) is 51.1 Å². The van der Waals surface area contributed by atoms with E-state index < -0.39 is 12.4 Å². The highest BCUT2D eigenvalue weighted by atomic mass is 16.7. The number of amides is 1. The van der Waals surface area contributed by atoms with E-state index >= 15 is 0 Å². The second-order valence-electron chi connectivity index (χ2n) is 5.93. The Balaban J connectivity index is 1.64. The summed E-state index contributed by atoms with van der Waals surface area (Å²) in [4.78, 5) is 22.4. The van der Waals surface area contributed by atoms with E-state index in [0.717, 1.165) is 5.56 Å². The molecule has 24 heavy (non-hydrogen) atoms. The van der Waals surface area contributed by atoms with Gasteiger partial charge in [-0.1, -0.05) is 30.3 Å². The van der Waals surface area contributed by atoms with Gasteiger partial charge in [0.2, 0.25) is 5.91 Å². The van der Waals surface area contributed by atoms with Crippen LogP contribution in [0.2, 0.25) is 0 Å². The number of hydrogen-bond acceptors (Lipinski definition) is 6. The van der Waals surface area contributed by atoms with Crippen molar-refractivity contribution in [1.82, 2.24) is 5.32 Å². The largest absolute Gasteiger partial charge is 0.463 e. The molecule has 2 aliphatic heterocycles. The zero-order valence-corrected chi connectivity index (χ0v) is 13.6. The highest BCUT2D eigenvalue weighted by Crippen LogP contribution is 2.38. The van der Waals surface area contributed by atoms with Crippen molar-refractivity contribution >= 4 is 11.9 Å². The molecule has 1 aromatic rings. The molecule has 0 spiro atoms. The first-order chi connectivity index (χ1) is 11.5. The summed E-state index contributed by atoms with van der Waals surface area (Å²) < 4.78 is 22.4. The zero-order valence-electron chi connectivity index (χ0n) is 13.6. The number of esters is 1. The molecule has 0 aliphatic carbocycles. The third kappa shape index (κ3) is 4.11. The fraction of sp³-hybridized carbons (Fsp3) is 0.529. The van der Waals surface area contributed by atoms with Gasteiger partial charge in [0.1, 0.15) is 31.0 Å². The first kappa shape index (κ1) is 16.9. The van der Waals surface area contributed by atoms with E-state index in [1.807, 2.05) is 30.3 Å². The van der Waals surface area contributed by atoms with Crippen LogP contribution in [0.1, 0.15) is 19.4 Å². The van der Waals surface area contributed by atoms with E-state index in [0.29, 0.717) is 6.61 Å². The molecule has 5 atom stereocenters. The number of hydrogen-bond donors (Lipinski definition) is 1. The maximum Gasteiger partial charge on any atom is 0.302 e. The van der Waals surface area contributed by atoms with Crippen molar-refractivity contribution in [2.75, 3.05) is 6.61 Å². The third-order valence-electron chi connectivity index (χ3n) is 3.96. The van der Waals surface area contributed by atoms with Gasteiger partial charge in [0.05, 0.1) is 6.61 Å². The lowest BCUT2D eigenvalue weighted by atomic mass is 10.0. The van der Waals surface area contributed by atoms with Gasteiger partial charge in [-0.2, -0.15) is 0 Å². The quantitative estimate of drug-likeness (QED) is 0.610. The molecule has 2 fully saturated rings. The van der Waals surface area contributed by atoms with Crippen molar-refractivity contribution in [3.8, 4) is 0 Å². The number of epoxide rings is 1. The average Bonchev–Trinajstić information content (AvgIpc) is 3.34. The molecule has 0 radical (unpaired) electrons. The van der Waals surface area contributed by atoms with E-state index in [-0.39, 0.29) is 36.7 Å². The molecule has 2 saturated heterocycles. The summed E-state index contributed by atoms with van der Waals surface area (Å²) in [5, 5.41) is 2.82. The Labute approximate surface area is 140 Å². The summed E-state index contributed by atoms with van der Waals surface area (Å²) in [5.41, 5.74) is 0.998. The van der Waals surface area contributed by atoms with E-state index in [9.17, 15) is 9.59 Å². The summed E-state index contributed by atoms with van der Waals surface area (Å²) in [6.45, 7) is 3.24. The minimum atomic E-state index is -0.668. The molecule has 0 bridgehead atoms. The van der Waals surface area contributed by atoms with Gasteiger partial charge in [0.15, 0.2) is 6.29 Å². The van der Waals surface area contributed by atoms with Gasteiger partial charge in [0, 0.05) is 13.8 Å². The lowest BCUT2D eigenvalue weighted by Crippen LogP contribution is -2.55. The van der Waals surface area contributed by atoms with Crippen LogP contribution in [0.5, 0.6) is 0 Å². The predicted octanol–water partition coefficient (Wildman–Crippen LogP) is 0.763. The maximum atomic E-state index is 11.4. The molecule has 0 unspecified atom stereocenters. The lowest BCUT2D eigenvalue weighted by molar-refractivity contribution is -0.214. The highest BCUT2D eigenvalue weighted by Gasteiger charge is 2.58. The number of carbonyl (C=O) groups excluding carboxylic acids is 2. The second-order valence-corrected chi connectivity index (χ2v) is 5.93. The lowest BCUT2D eigenvalue weighted by Gasteiger charge is -2.33. The van der Waals surface area contributed by atoms with E-state index in [1.165, 1.54) is 13.8 Å². The Bertz CT molecular complexity index is 592. The van der Waals surface area contributed by atoms with Crippen molar-refractivity contribution < 1.29 is 28.5 Å². The van der Waals surface area contributed by atoms with Crippen LogP contribution in [0.4, 0.5) is 0 Å². The Hall–Kier alpha value is -1.96. The number of ether oxygens (including phenoxy) is 4. The molecule has 1 N–H and O–H groups in total. The molecule has 1 amide bonds. The normalized spacial score (nSPS) is 31.0. The molecule has 2 heterocycles. The topological polar surface area (TPSA) is 86.4 Å². The van der Waals surface area contributed by atoms with Crippen LogP contribution in [-0.2, 0) is 35.1 Å². The second kappa shape index (κ2) is 7.29. The first-order valence-electron chi connectivity index (χ1n) is 7.91. The van der Waals surface area contributed by atoms with Gasteiger partial charge in [0.25, 0.3) is 0 Å². The molecule has 7 heteroatoms. The number of nitrogens with one attached hydrogen (secondary N) is 1. The van der Waals surface area contributed by atoms with Crippen molar-refractivity contribution in [2.24, 2.45) is 0 Å². The van der Waals surface area contributed by atoms with Gasteiger partial charge in [-0.05, 0) is 5.56 Å². The van der Waals surface area contributed by atoms with Crippen LogP contribution in [0, 0.1) is 0 Å². The Morgan fingerprint density at radius 1 is 1.12 bits per heavy atom. The third-order valence-corrected chi connectivity index (χ3v) is 3.96. The number of rotatable bonds is 6. The van der Waals surface area contributed by atoms with Crippen LogP contribution in [0.15, 0.2) is 30.3 Å². The molecule has 0 aromatic heterocycles. The van der Waals surface area contributed by atoms with Crippen molar-refractivity contribution in [1.29, 1.82) is 0 Å². The predicted molar refractivity (Wildman–Crippen MR) is 82.8 cm³/mol. The van der Waals surface area contributed by atoms with E-state index in [1.54, 1.807) is 0 Å². The van der Waals surface area contributed by atoms with Gasteiger partial charge in [-0.3, -0.25) is 9.59 Å². The zero-order chi connectivity index (χ0) is 17.1. The standard InChI is InChI=1S/C17H21NO6/c1-10(19)18-14-16-15(24-16)13(9-21-11(2)20)23-17(14)22-8-12-6-4-3-5-7-12/h3-7,13-17H,8-9H2,1-2H3,(H,18,19)/t13-,14+,15+,16+,17-/m1/s1. The van der Waals surface area contributed by atoms with Gasteiger partial charge < -0.3 is 24.3 Å². The van der Waals surface area contributed by atoms with Gasteiger partial charge >= 0.3 is 5.97 Å². The SMILES string of the molecule is CC(=O)N[C@@H]1[C@H](OCc2ccccc2)O[C@H](COC(C)=O)[C@@H]2O[C@@H]12. The average molecular weight is 335 g/mol.